The van der Waals surface area contributed by atoms with Crippen LogP contribution in [0.3, 0.4) is 0 Å². The third-order valence-corrected chi connectivity index (χ3v) is 3.78. The molecular formula is C11H19N3OS. The molecule has 0 N–H and O–H groups in total. The minimum Gasteiger partial charge on any atom is -0.379 e. The van der Waals surface area contributed by atoms with Gasteiger partial charge in [0.2, 0.25) is 0 Å². The lowest BCUT2D eigenvalue weighted by Crippen LogP contribution is -2.42. The van der Waals surface area contributed by atoms with Crippen LogP contribution in [-0.2, 0) is 17.7 Å². The molecule has 2 heterocycles. The molecule has 0 unspecified atom stereocenters. The molecule has 16 heavy (non-hydrogen) atoms. The lowest BCUT2D eigenvalue weighted by Gasteiger charge is -2.32. The predicted octanol–water partition coefficient (Wildman–Crippen LogP) is 1.71. The van der Waals surface area contributed by atoms with Gasteiger partial charge in [-0.3, -0.25) is 4.90 Å². The molecule has 1 aliphatic rings. The Bertz CT molecular complexity index is 329. The van der Waals surface area contributed by atoms with Gasteiger partial charge in [0.1, 0.15) is 10.0 Å². The molecule has 1 fully saturated rings. The van der Waals surface area contributed by atoms with E-state index in [-0.39, 0.29) is 0 Å². The maximum Gasteiger partial charge on any atom is 0.131 e. The molecule has 1 aromatic rings. The minimum absolute atomic E-state index is 0.493. The van der Waals surface area contributed by atoms with Crippen molar-refractivity contribution in [3.05, 3.63) is 10.0 Å². The first-order valence-corrected chi connectivity index (χ1v) is 6.74. The summed E-state index contributed by atoms with van der Waals surface area (Å²) in [5.74, 6) is 0. The van der Waals surface area contributed by atoms with Gasteiger partial charge in [-0.1, -0.05) is 6.92 Å². The number of nitrogens with zero attached hydrogens (tertiary/aromatic N) is 3. The summed E-state index contributed by atoms with van der Waals surface area (Å²) in [6, 6.07) is 0.493. The lowest BCUT2D eigenvalue weighted by molar-refractivity contribution is -0.00446. The SMILES string of the molecule is CCCc1nnc(CN2CCOC[C@@H]2C)s1. The molecule has 1 aliphatic heterocycles. The van der Waals surface area contributed by atoms with Gasteiger partial charge in [-0.2, -0.15) is 0 Å². The van der Waals surface area contributed by atoms with E-state index in [4.69, 9.17) is 4.74 Å². The fourth-order valence-electron chi connectivity index (χ4n) is 1.84. The van der Waals surface area contributed by atoms with Crippen molar-refractivity contribution in [2.24, 2.45) is 0 Å². The zero-order valence-corrected chi connectivity index (χ0v) is 10.8. The highest BCUT2D eigenvalue weighted by atomic mass is 32.1. The highest BCUT2D eigenvalue weighted by molar-refractivity contribution is 7.11. The Morgan fingerprint density at radius 1 is 1.44 bits per heavy atom. The second-order valence-electron chi connectivity index (χ2n) is 4.23. The van der Waals surface area contributed by atoms with Crippen LogP contribution in [0, 0.1) is 0 Å². The summed E-state index contributed by atoms with van der Waals surface area (Å²) in [7, 11) is 0. The van der Waals surface area contributed by atoms with Crippen molar-refractivity contribution in [1.29, 1.82) is 0 Å². The Kier molecular flexibility index (Phi) is 4.26. The molecule has 0 amide bonds. The first-order chi connectivity index (χ1) is 7.79. The first-order valence-electron chi connectivity index (χ1n) is 5.92. The molecule has 0 radical (unpaired) electrons. The summed E-state index contributed by atoms with van der Waals surface area (Å²) in [4.78, 5) is 2.42. The second-order valence-corrected chi connectivity index (χ2v) is 5.38. The number of hydrogen-bond donors (Lipinski definition) is 0. The Balaban J connectivity index is 1.91. The Morgan fingerprint density at radius 2 is 2.25 bits per heavy atom. The standard InChI is InChI=1S/C11H19N3OS/c1-3-4-10-12-13-11(16-10)7-14-5-6-15-8-9(14)2/h9H,3-8H2,1-2H3/t9-/m0/s1. The summed E-state index contributed by atoms with van der Waals surface area (Å²) < 4.78 is 5.42. The quantitative estimate of drug-likeness (QED) is 0.804. The molecule has 1 atom stereocenters. The molecule has 0 saturated carbocycles. The third kappa shape index (κ3) is 2.99. The first kappa shape index (κ1) is 12.0. The topological polar surface area (TPSA) is 38.2 Å². The number of ether oxygens (including phenoxy) is 1. The monoisotopic (exact) mass is 241 g/mol. The van der Waals surface area contributed by atoms with E-state index in [1.54, 1.807) is 11.3 Å². The molecule has 90 valence electrons. The van der Waals surface area contributed by atoms with Crippen molar-refractivity contribution in [1.82, 2.24) is 15.1 Å². The summed E-state index contributed by atoms with van der Waals surface area (Å²) in [6.45, 7) is 7.97. The van der Waals surface area contributed by atoms with Crippen LogP contribution in [0.15, 0.2) is 0 Å². The van der Waals surface area contributed by atoms with Crippen LogP contribution in [0.5, 0.6) is 0 Å². The van der Waals surface area contributed by atoms with E-state index >= 15 is 0 Å². The molecule has 0 spiro atoms. The van der Waals surface area contributed by atoms with Gasteiger partial charge in [0.15, 0.2) is 0 Å². The van der Waals surface area contributed by atoms with Crippen molar-refractivity contribution in [3.63, 3.8) is 0 Å². The van der Waals surface area contributed by atoms with E-state index in [1.165, 1.54) is 5.01 Å². The Labute approximate surface area is 101 Å². The molecule has 0 aromatic carbocycles. The number of aryl methyl sites for hydroxylation is 1. The van der Waals surface area contributed by atoms with Gasteiger partial charge >= 0.3 is 0 Å². The van der Waals surface area contributed by atoms with Gasteiger partial charge < -0.3 is 4.74 Å². The van der Waals surface area contributed by atoms with E-state index in [2.05, 4.69) is 28.9 Å². The van der Waals surface area contributed by atoms with E-state index < -0.39 is 0 Å². The number of rotatable bonds is 4. The van der Waals surface area contributed by atoms with Gasteiger partial charge in [0.05, 0.1) is 19.8 Å². The van der Waals surface area contributed by atoms with Crippen LogP contribution in [0.4, 0.5) is 0 Å². The van der Waals surface area contributed by atoms with E-state index in [0.717, 1.165) is 44.2 Å². The molecular weight excluding hydrogens is 222 g/mol. The Morgan fingerprint density at radius 3 is 3.00 bits per heavy atom. The van der Waals surface area contributed by atoms with Gasteiger partial charge in [-0.05, 0) is 13.3 Å². The average Bonchev–Trinajstić information content (AvgIpc) is 2.70. The van der Waals surface area contributed by atoms with Gasteiger partial charge in [-0.15, -0.1) is 21.5 Å². The Hall–Kier alpha value is -0.520. The van der Waals surface area contributed by atoms with Crippen LogP contribution in [0.25, 0.3) is 0 Å². The van der Waals surface area contributed by atoms with Crippen LogP contribution < -0.4 is 0 Å². The largest absolute Gasteiger partial charge is 0.379 e. The smallest absolute Gasteiger partial charge is 0.131 e. The van der Waals surface area contributed by atoms with Crippen molar-refractivity contribution in [2.75, 3.05) is 19.8 Å². The van der Waals surface area contributed by atoms with E-state index in [1.807, 2.05) is 0 Å². The summed E-state index contributed by atoms with van der Waals surface area (Å²) in [5, 5.41) is 10.8. The highest BCUT2D eigenvalue weighted by Crippen LogP contribution is 2.16. The number of hydrogen-bond acceptors (Lipinski definition) is 5. The zero-order chi connectivity index (χ0) is 11.4. The van der Waals surface area contributed by atoms with Crippen LogP contribution in [-0.4, -0.2) is 40.9 Å². The minimum atomic E-state index is 0.493. The van der Waals surface area contributed by atoms with Crippen molar-refractivity contribution < 1.29 is 4.74 Å². The average molecular weight is 241 g/mol. The predicted molar refractivity (Wildman–Crippen MR) is 64.6 cm³/mol. The van der Waals surface area contributed by atoms with Gasteiger partial charge in [0.25, 0.3) is 0 Å². The maximum atomic E-state index is 5.42. The fraction of sp³-hybridized carbons (Fsp3) is 0.818. The van der Waals surface area contributed by atoms with Crippen molar-refractivity contribution in [3.8, 4) is 0 Å². The van der Waals surface area contributed by atoms with Crippen LogP contribution in [0.1, 0.15) is 30.3 Å². The molecule has 5 heteroatoms. The van der Waals surface area contributed by atoms with E-state index in [9.17, 15) is 0 Å². The van der Waals surface area contributed by atoms with Crippen molar-refractivity contribution >= 4 is 11.3 Å². The van der Waals surface area contributed by atoms with Crippen molar-refractivity contribution in [2.45, 2.75) is 39.3 Å². The summed E-state index contributed by atoms with van der Waals surface area (Å²) in [6.07, 6.45) is 2.19. The highest BCUT2D eigenvalue weighted by Gasteiger charge is 2.20. The second kappa shape index (κ2) is 5.70. The molecule has 1 saturated heterocycles. The van der Waals surface area contributed by atoms with Gasteiger partial charge in [0, 0.05) is 19.0 Å². The van der Waals surface area contributed by atoms with Crippen LogP contribution >= 0.6 is 11.3 Å². The molecule has 0 aliphatic carbocycles. The molecule has 1 aromatic heterocycles. The summed E-state index contributed by atoms with van der Waals surface area (Å²) >= 11 is 1.75. The van der Waals surface area contributed by atoms with Crippen LogP contribution in [0.2, 0.25) is 0 Å². The molecule has 0 bridgehead atoms. The van der Waals surface area contributed by atoms with E-state index in [0.29, 0.717) is 6.04 Å². The maximum absolute atomic E-state index is 5.42. The zero-order valence-electron chi connectivity index (χ0n) is 9.98. The summed E-state index contributed by atoms with van der Waals surface area (Å²) in [5.41, 5.74) is 0. The normalized spacial score (nSPS) is 22.5. The molecule has 4 nitrogen and oxygen atoms in total. The molecule has 2 rings (SSSR count). The number of morpholine rings is 1. The van der Waals surface area contributed by atoms with Gasteiger partial charge in [-0.25, -0.2) is 0 Å². The number of aromatic nitrogens is 2. The lowest BCUT2D eigenvalue weighted by atomic mass is 10.2. The third-order valence-electron chi connectivity index (χ3n) is 2.82. The fourth-order valence-corrected chi connectivity index (χ4v) is 2.81.